The van der Waals surface area contributed by atoms with Gasteiger partial charge in [-0.15, -0.1) is 11.3 Å². The zero-order valence-corrected chi connectivity index (χ0v) is 14.6. The number of amides is 1. The van der Waals surface area contributed by atoms with Crippen molar-refractivity contribution in [2.45, 2.75) is 11.8 Å². The van der Waals surface area contributed by atoms with Gasteiger partial charge in [0, 0.05) is 24.7 Å². The Bertz CT molecular complexity index is 873. The molecule has 1 aromatic carbocycles. The molecule has 2 aromatic rings. The first-order valence-electron chi connectivity index (χ1n) is 6.95. The number of carbonyl (C=O) groups is 2. The number of anilines is 1. The van der Waals surface area contributed by atoms with Gasteiger partial charge in [-0.25, -0.2) is 17.5 Å². The molecule has 1 aromatic heterocycles. The molecule has 0 aliphatic heterocycles. The largest absolute Gasteiger partial charge is 0.478 e. The standard InChI is InChI=1S/C15H16N2O5S2/c1-3-17(2)24(21,22)12-8-13(23-9-12)14(18)16-11-6-4-5-10(7-11)15(19)20/h4-9H,3H2,1-2H3,(H,16,18)(H,19,20). The van der Waals surface area contributed by atoms with Gasteiger partial charge in [-0.1, -0.05) is 13.0 Å². The topological polar surface area (TPSA) is 104 Å². The smallest absolute Gasteiger partial charge is 0.335 e. The summed E-state index contributed by atoms with van der Waals surface area (Å²) in [5.41, 5.74) is 0.371. The van der Waals surface area contributed by atoms with Crippen molar-refractivity contribution in [2.75, 3.05) is 18.9 Å². The number of benzene rings is 1. The number of carboxylic acid groups (broad SMARTS) is 1. The molecule has 2 N–H and O–H groups in total. The van der Waals surface area contributed by atoms with Crippen molar-refractivity contribution in [1.82, 2.24) is 4.31 Å². The van der Waals surface area contributed by atoms with Crippen molar-refractivity contribution in [3.05, 3.63) is 46.2 Å². The molecule has 0 aliphatic carbocycles. The Kier molecular flexibility index (Phi) is 5.37. The van der Waals surface area contributed by atoms with Gasteiger partial charge in [0.2, 0.25) is 10.0 Å². The van der Waals surface area contributed by atoms with Crippen LogP contribution < -0.4 is 5.32 Å². The van der Waals surface area contributed by atoms with Crippen LogP contribution in [0.3, 0.4) is 0 Å². The van der Waals surface area contributed by atoms with Crippen LogP contribution in [0.2, 0.25) is 0 Å². The van der Waals surface area contributed by atoms with E-state index in [0.29, 0.717) is 12.2 Å². The summed E-state index contributed by atoms with van der Waals surface area (Å²) in [6, 6.07) is 7.12. The highest BCUT2D eigenvalue weighted by Gasteiger charge is 2.22. The van der Waals surface area contributed by atoms with Crippen LogP contribution in [0.1, 0.15) is 27.0 Å². The monoisotopic (exact) mass is 368 g/mol. The number of thiophene rings is 1. The molecule has 0 aliphatic rings. The SMILES string of the molecule is CCN(C)S(=O)(=O)c1csc(C(=O)Nc2cccc(C(=O)O)c2)c1. The van der Waals surface area contributed by atoms with Crippen LogP contribution >= 0.6 is 11.3 Å². The highest BCUT2D eigenvalue weighted by atomic mass is 32.2. The molecular weight excluding hydrogens is 352 g/mol. The average molecular weight is 368 g/mol. The fourth-order valence-electron chi connectivity index (χ4n) is 1.85. The molecule has 0 atom stereocenters. The van der Waals surface area contributed by atoms with E-state index in [4.69, 9.17) is 5.11 Å². The van der Waals surface area contributed by atoms with Gasteiger partial charge in [-0.05, 0) is 24.3 Å². The summed E-state index contributed by atoms with van der Waals surface area (Å²) < 4.78 is 25.6. The Morgan fingerprint density at radius 2 is 2.00 bits per heavy atom. The third-order valence-corrected chi connectivity index (χ3v) is 6.31. The molecular formula is C15H16N2O5S2. The first kappa shape index (κ1) is 18.1. The number of carboxylic acids is 1. The van der Waals surface area contributed by atoms with Gasteiger partial charge >= 0.3 is 5.97 Å². The zero-order chi connectivity index (χ0) is 17.9. The molecule has 0 saturated heterocycles. The number of hydrogen-bond donors (Lipinski definition) is 2. The fraction of sp³-hybridized carbons (Fsp3) is 0.200. The number of sulfonamides is 1. The number of carbonyl (C=O) groups excluding carboxylic acids is 1. The normalized spacial score (nSPS) is 11.5. The Balaban J connectivity index is 2.20. The minimum atomic E-state index is -3.61. The Morgan fingerprint density at radius 1 is 1.29 bits per heavy atom. The molecule has 0 bridgehead atoms. The quantitative estimate of drug-likeness (QED) is 0.814. The predicted molar refractivity (Wildman–Crippen MR) is 91.2 cm³/mol. The molecule has 7 nitrogen and oxygen atoms in total. The molecule has 1 heterocycles. The van der Waals surface area contributed by atoms with Crippen molar-refractivity contribution >= 4 is 38.9 Å². The maximum Gasteiger partial charge on any atom is 0.335 e. The zero-order valence-electron chi connectivity index (χ0n) is 13.0. The van der Waals surface area contributed by atoms with Crippen LogP contribution in [0.5, 0.6) is 0 Å². The Hall–Kier alpha value is -2.23. The van der Waals surface area contributed by atoms with Gasteiger partial charge in [0.15, 0.2) is 0 Å². The third-order valence-electron chi connectivity index (χ3n) is 3.32. The van der Waals surface area contributed by atoms with Crippen molar-refractivity contribution in [3.8, 4) is 0 Å². The van der Waals surface area contributed by atoms with Crippen molar-refractivity contribution in [1.29, 1.82) is 0 Å². The van der Waals surface area contributed by atoms with E-state index in [-0.39, 0.29) is 15.3 Å². The Morgan fingerprint density at radius 3 is 2.62 bits per heavy atom. The number of rotatable bonds is 6. The highest BCUT2D eigenvalue weighted by Crippen LogP contribution is 2.23. The molecule has 0 saturated carbocycles. The molecule has 2 rings (SSSR count). The van der Waals surface area contributed by atoms with Crippen molar-refractivity contribution in [3.63, 3.8) is 0 Å². The minimum absolute atomic E-state index is 0.0480. The number of hydrogen-bond acceptors (Lipinski definition) is 5. The second kappa shape index (κ2) is 7.12. The summed E-state index contributed by atoms with van der Waals surface area (Å²) in [6.07, 6.45) is 0. The summed E-state index contributed by atoms with van der Waals surface area (Å²) in [4.78, 5) is 23.4. The molecule has 0 spiro atoms. The fourth-order valence-corrected chi connectivity index (χ4v) is 4.18. The van der Waals surface area contributed by atoms with Gasteiger partial charge in [-0.2, -0.15) is 0 Å². The lowest BCUT2D eigenvalue weighted by Gasteiger charge is -2.12. The minimum Gasteiger partial charge on any atom is -0.478 e. The summed E-state index contributed by atoms with van der Waals surface area (Å²) in [5.74, 6) is -1.60. The van der Waals surface area contributed by atoms with Gasteiger partial charge in [0.1, 0.15) is 0 Å². The maximum absolute atomic E-state index is 12.2. The van der Waals surface area contributed by atoms with E-state index in [2.05, 4.69) is 5.32 Å². The van der Waals surface area contributed by atoms with E-state index in [1.54, 1.807) is 13.0 Å². The van der Waals surface area contributed by atoms with Gasteiger partial charge in [0.05, 0.1) is 15.3 Å². The first-order valence-corrected chi connectivity index (χ1v) is 9.27. The second-order valence-electron chi connectivity index (χ2n) is 4.91. The summed E-state index contributed by atoms with van der Waals surface area (Å²) in [6.45, 7) is 2.04. The van der Waals surface area contributed by atoms with E-state index >= 15 is 0 Å². The van der Waals surface area contributed by atoms with Gasteiger partial charge < -0.3 is 10.4 Å². The molecule has 24 heavy (non-hydrogen) atoms. The number of aromatic carboxylic acids is 1. The number of nitrogens with one attached hydrogen (secondary N) is 1. The third kappa shape index (κ3) is 3.81. The van der Waals surface area contributed by atoms with Crippen LogP contribution in [0.25, 0.3) is 0 Å². The van der Waals surface area contributed by atoms with Crippen LogP contribution in [0.15, 0.2) is 40.6 Å². The van der Waals surface area contributed by atoms with E-state index in [0.717, 1.165) is 11.3 Å². The van der Waals surface area contributed by atoms with Crippen molar-refractivity contribution < 1.29 is 23.1 Å². The Labute approximate surface area is 143 Å². The first-order chi connectivity index (χ1) is 11.3. The molecule has 9 heteroatoms. The van der Waals surface area contributed by atoms with E-state index in [1.165, 1.54) is 41.0 Å². The second-order valence-corrected chi connectivity index (χ2v) is 7.86. The summed E-state index contributed by atoms with van der Waals surface area (Å²) >= 11 is 1.01. The molecule has 1 amide bonds. The lowest BCUT2D eigenvalue weighted by atomic mass is 10.2. The van der Waals surface area contributed by atoms with E-state index < -0.39 is 21.9 Å². The van der Waals surface area contributed by atoms with Crippen LogP contribution in [-0.2, 0) is 10.0 Å². The maximum atomic E-state index is 12.2. The molecule has 0 unspecified atom stereocenters. The van der Waals surface area contributed by atoms with Crippen LogP contribution in [0, 0.1) is 0 Å². The average Bonchev–Trinajstić information content (AvgIpc) is 3.05. The summed E-state index contributed by atoms with van der Waals surface area (Å²) in [7, 11) is -2.14. The molecule has 0 fully saturated rings. The van der Waals surface area contributed by atoms with Crippen LogP contribution in [0.4, 0.5) is 5.69 Å². The molecule has 0 radical (unpaired) electrons. The predicted octanol–water partition coefficient (Wildman–Crippen LogP) is 2.34. The molecule has 128 valence electrons. The van der Waals surface area contributed by atoms with Gasteiger partial charge in [-0.3, -0.25) is 4.79 Å². The highest BCUT2D eigenvalue weighted by molar-refractivity contribution is 7.89. The van der Waals surface area contributed by atoms with Crippen LogP contribution in [-0.4, -0.2) is 43.3 Å². The summed E-state index contributed by atoms with van der Waals surface area (Å²) in [5, 5.41) is 12.9. The van der Waals surface area contributed by atoms with Gasteiger partial charge in [0.25, 0.3) is 5.91 Å². The lowest BCUT2D eigenvalue weighted by molar-refractivity contribution is 0.0696. The number of nitrogens with zero attached hydrogens (tertiary/aromatic N) is 1. The van der Waals surface area contributed by atoms with E-state index in [1.807, 2.05) is 0 Å². The van der Waals surface area contributed by atoms with E-state index in [9.17, 15) is 18.0 Å². The van der Waals surface area contributed by atoms with Crippen molar-refractivity contribution in [2.24, 2.45) is 0 Å². The lowest BCUT2D eigenvalue weighted by Crippen LogP contribution is -2.26.